The van der Waals surface area contributed by atoms with Crippen LogP contribution in [-0.2, 0) is 7.05 Å². The molecule has 0 spiro atoms. The molecule has 0 radical (unpaired) electrons. The van der Waals surface area contributed by atoms with Crippen LogP contribution in [0.25, 0.3) is 11.1 Å². The molecule has 0 atom stereocenters. The van der Waals surface area contributed by atoms with Gasteiger partial charge in [-0.2, -0.15) is 5.10 Å². The van der Waals surface area contributed by atoms with Crippen molar-refractivity contribution in [1.29, 1.82) is 0 Å². The van der Waals surface area contributed by atoms with Crippen molar-refractivity contribution in [2.75, 3.05) is 13.1 Å². The van der Waals surface area contributed by atoms with Crippen LogP contribution < -0.4 is 5.32 Å². The Labute approximate surface area is 151 Å². The van der Waals surface area contributed by atoms with Gasteiger partial charge in [-0.25, -0.2) is 9.18 Å². The fourth-order valence-electron chi connectivity index (χ4n) is 2.61. The lowest BCUT2D eigenvalue weighted by Gasteiger charge is -2.33. The summed E-state index contributed by atoms with van der Waals surface area (Å²) in [5.41, 5.74) is 0.644. The van der Waals surface area contributed by atoms with Crippen LogP contribution in [0.4, 0.5) is 9.18 Å². The van der Waals surface area contributed by atoms with Gasteiger partial charge in [0.2, 0.25) is 0 Å². The zero-order valence-corrected chi connectivity index (χ0v) is 15.3. The summed E-state index contributed by atoms with van der Waals surface area (Å²) in [4.78, 5) is 25.1. The number of benzene rings is 1. The first-order valence-corrected chi connectivity index (χ1v) is 8.18. The number of carbonyl (C=O) groups is 2. The lowest BCUT2D eigenvalue weighted by Crippen LogP contribution is -2.48. The van der Waals surface area contributed by atoms with Gasteiger partial charge in [-0.15, -0.1) is 0 Å². The Kier molecular flexibility index (Phi) is 5.64. The molecule has 0 saturated heterocycles. The van der Waals surface area contributed by atoms with E-state index in [9.17, 15) is 19.1 Å². The molecule has 2 rings (SSSR count). The summed E-state index contributed by atoms with van der Waals surface area (Å²) in [7, 11) is 1.67. The van der Waals surface area contributed by atoms with E-state index in [1.807, 2.05) is 0 Å². The Morgan fingerprint density at radius 2 is 2.04 bits per heavy atom. The molecule has 2 aromatic rings. The second-order valence-electron chi connectivity index (χ2n) is 6.94. The van der Waals surface area contributed by atoms with E-state index >= 15 is 0 Å². The minimum absolute atomic E-state index is 0.140. The molecule has 1 aromatic heterocycles. The van der Waals surface area contributed by atoms with E-state index in [4.69, 9.17) is 0 Å². The fourth-order valence-corrected chi connectivity index (χ4v) is 2.61. The van der Waals surface area contributed by atoms with Gasteiger partial charge < -0.3 is 15.3 Å². The molecule has 0 aliphatic rings. The number of halogens is 1. The van der Waals surface area contributed by atoms with Gasteiger partial charge in [0.15, 0.2) is 5.69 Å². The van der Waals surface area contributed by atoms with Crippen molar-refractivity contribution in [1.82, 2.24) is 20.0 Å². The van der Waals surface area contributed by atoms with Crippen molar-refractivity contribution in [2.24, 2.45) is 7.05 Å². The molecule has 0 fully saturated rings. The smallest absolute Gasteiger partial charge is 0.407 e. The normalized spacial score (nSPS) is 11.3. The highest BCUT2D eigenvalue weighted by Crippen LogP contribution is 2.23. The van der Waals surface area contributed by atoms with E-state index in [-0.39, 0.29) is 18.8 Å². The third kappa shape index (κ3) is 4.59. The monoisotopic (exact) mass is 362 g/mol. The first-order chi connectivity index (χ1) is 12.1. The SMILES string of the molecule is Cn1cc(-c2cccc(F)c2)c(C(=O)NCCN(C(=O)O)C(C)(C)C)n1. The Hall–Kier alpha value is -2.90. The summed E-state index contributed by atoms with van der Waals surface area (Å²) < 4.78 is 15.0. The zero-order valence-electron chi connectivity index (χ0n) is 15.3. The van der Waals surface area contributed by atoms with Gasteiger partial charge in [0.1, 0.15) is 5.82 Å². The van der Waals surface area contributed by atoms with Crippen molar-refractivity contribution in [3.05, 3.63) is 42.0 Å². The first-order valence-electron chi connectivity index (χ1n) is 8.18. The van der Waals surface area contributed by atoms with Crippen molar-refractivity contribution in [3.63, 3.8) is 0 Å². The minimum atomic E-state index is -1.05. The van der Waals surface area contributed by atoms with E-state index < -0.39 is 23.4 Å². The topological polar surface area (TPSA) is 87.5 Å². The molecule has 2 N–H and O–H groups in total. The van der Waals surface area contributed by atoms with Crippen molar-refractivity contribution >= 4 is 12.0 Å². The first kappa shape index (κ1) is 19.4. The number of hydrogen-bond donors (Lipinski definition) is 2. The van der Waals surface area contributed by atoms with Crippen LogP contribution in [0.2, 0.25) is 0 Å². The summed E-state index contributed by atoms with van der Waals surface area (Å²) in [6.07, 6.45) is 0.590. The Balaban J connectivity index is 2.12. The average molecular weight is 362 g/mol. The Morgan fingerprint density at radius 1 is 1.35 bits per heavy atom. The molecule has 26 heavy (non-hydrogen) atoms. The molecule has 1 aromatic carbocycles. The number of rotatable bonds is 5. The Morgan fingerprint density at radius 3 is 2.62 bits per heavy atom. The predicted molar refractivity (Wildman–Crippen MR) is 95.4 cm³/mol. The maximum Gasteiger partial charge on any atom is 0.407 e. The third-order valence-corrected chi connectivity index (χ3v) is 3.84. The van der Waals surface area contributed by atoms with Crippen molar-refractivity contribution in [2.45, 2.75) is 26.3 Å². The highest BCUT2D eigenvalue weighted by Gasteiger charge is 2.26. The molecule has 0 bridgehead atoms. The van der Waals surface area contributed by atoms with Gasteiger partial charge in [0, 0.05) is 37.4 Å². The summed E-state index contributed by atoms with van der Waals surface area (Å²) >= 11 is 0. The van der Waals surface area contributed by atoms with Gasteiger partial charge in [0.05, 0.1) is 0 Å². The average Bonchev–Trinajstić information content (AvgIpc) is 2.91. The Bertz CT molecular complexity index is 811. The van der Waals surface area contributed by atoms with E-state index in [1.54, 1.807) is 46.1 Å². The second-order valence-corrected chi connectivity index (χ2v) is 6.94. The molecule has 8 heteroatoms. The van der Waals surface area contributed by atoms with E-state index in [0.29, 0.717) is 11.1 Å². The van der Waals surface area contributed by atoms with Gasteiger partial charge >= 0.3 is 6.09 Å². The molecular formula is C18H23FN4O3. The zero-order chi connectivity index (χ0) is 19.5. The number of carbonyl (C=O) groups excluding carboxylic acids is 1. The molecule has 0 aliphatic carbocycles. The van der Waals surface area contributed by atoms with Crippen LogP contribution in [0, 0.1) is 5.82 Å². The number of aromatic nitrogens is 2. The van der Waals surface area contributed by atoms with Crippen LogP contribution in [0.15, 0.2) is 30.5 Å². The van der Waals surface area contributed by atoms with Crippen LogP contribution in [0.3, 0.4) is 0 Å². The minimum Gasteiger partial charge on any atom is -0.465 e. The van der Waals surface area contributed by atoms with Gasteiger partial charge in [-0.3, -0.25) is 9.48 Å². The summed E-state index contributed by atoms with van der Waals surface area (Å²) in [6, 6.07) is 5.92. The summed E-state index contributed by atoms with van der Waals surface area (Å²) in [5, 5.41) is 16.1. The second kappa shape index (κ2) is 7.55. The highest BCUT2D eigenvalue weighted by atomic mass is 19.1. The van der Waals surface area contributed by atoms with E-state index in [1.165, 1.54) is 21.7 Å². The summed E-state index contributed by atoms with van der Waals surface area (Å²) in [5.74, 6) is -0.843. The largest absolute Gasteiger partial charge is 0.465 e. The van der Waals surface area contributed by atoms with Crippen LogP contribution >= 0.6 is 0 Å². The number of carboxylic acid groups (broad SMARTS) is 1. The molecular weight excluding hydrogens is 339 g/mol. The lowest BCUT2D eigenvalue weighted by atomic mass is 10.1. The van der Waals surface area contributed by atoms with E-state index in [2.05, 4.69) is 10.4 Å². The summed E-state index contributed by atoms with van der Waals surface area (Å²) in [6.45, 7) is 5.63. The van der Waals surface area contributed by atoms with Gasteiger partial charge in [0.25, 0.3) is 5.91 Å². The molecule has 140 valence electrons. The van der Waals surface area contributed by atoms with Crippen LogP contribution in [-0.4, -0.2) is 50.4 Å². The van der Waals surface area contributed by atoms with Crippen LogP contribution in [0.1, 0.15) is 31.3 Å². The number of nitrogens with zero attached hydrogens (tertiary/aromatic N) is 3. The molecule has 0 aliphatic heterocycles. The van der Waals surface area contributed by atoms with Gasteiger partial charge in [-0.05, 0) is 38.5 Å². The predicted octanol–water partition coefficient (Wildman–Crippen LogP) is 2.73. The quantitative estimate of drug-likeness (QED) is 0.856. The number of amides is 2. The standard InChI is InChI=1S/C18H23FN4O3/c1-18(2,3)23(17(25)26)9-8-20-16(24)15-14(11-22(4)21-15)12-6-5-7-13(19)10-12/h5-7,10-11H,8-9H2,1-4H3,(H,20,24)(H,25,26). The third-order valence-electron chi connectivity index (χ3n) is 3.84. The lowest BCUT2D eigenvalue weighted by molar-refractivity contribution is 0.0888. The molecule has 1 heterocycles. The number of nitrogens with one attached hydrogen (secondary N) is 1. The van der Waals surface area contributed by atoms with Crippen LogP contribution in [0.5, 0.6) is 0 Å². The molecule has 2 amide bonds. The molecule has 0 unspecified atom stereocenters. The van der Waals surface area contributed by atoms with E-state index in [0.717, 1.165) is 0 Å². The number of aryl methyl sites for hydroxylation is 1. The van der Waals surface area contributed by atoms with Gasteiger partial charge in [-0.1, -0.05) is 12.1 Å². The number of hydrogen-bond acceptors (Lipinski definition) is 3. The maximum atomic E-state index is 13.5. The van der Waals surface area contributed by atoms with Crippen molar-refractivity contribution < 1.29 is 19.1 Å². The van der Waals surface area contributed by atoms with Crippen molar-refractivity contribution in [3.8, 4) is 11.1 Å². The molecule has 0 saturated carbocycles. The maximum absolute atomic E-state index is 13.5. The highest BCUT2D eigenvalue weighted by molar-refractivity contribution is 5.98. The molecule has 7 nitrogen and oxygen atoms in total. The fraction of sp³-hybridized carbons (Fsp3) is 0.389.